The molecule has 0 aliphatic carbocycles. The van der Waals surface area contributed by atoms with E-state index in [2.05, 4.69) is 10.5 Å². The molecule has 0 aliphatic rings. The number of ether oxygens (including phenoxy) is 1. The van der Waals surface area contributed by atoms with Crippen molar-refractivity contribution < 1.29 is 9.94 Å². The summed E-state index contributed by atoms with van der Waals surface area (Å²) in [6.07, 6.45) is 0. The van der Waals surface area contributed by atoms with Crippen molar-refractivity contribution in [3.05, 3.63) is 24.3 Å². The fraction of sp³-hybridized carbons (Fsp3) is 0.417. The van der Waals surface area contributed by atoms with E-state index in [1.807, 2.05) is 38.1 Å². The minimum absolute atomic E-state index is 0.0317. The highest BCUT2D eigenvalue weighted by atomic mass is 16.5. The van der Waals surface area contributed by atoms with Crippen molar-refractivity contribution in [2.75, 3.05) is 18.5 Å². The smallest absolute Gasteiger partial charge is 0.143 e. The maximum absolute atomic E-state index is 8.53. The van der Waals surface area contributed by atoms with Gasteiger partial charge >= 0.3 is 0 Å². The van der Waals surface area contributed by atoms with Crippen molar-refractivity contribution in [2.45, 2.75) is 13.8 Å². The number of anilines is 1. The summed E-state index contributed by atoms with van der Waals surface area (Å²) < 4.78 is 5.39. The Morgan fingerprint density at radius 1 is 1.59 bits per heavy atom. The molecule has 1 aromatic rings. The molecule has 0 spiro atoms. The van der Waals surface area contributed by atoms with Crippen molar-refractivity contribution in [1.82, 2.24) is 0 Å². The van der Waals surface area contributed by atoms with Gasteiger partial charge in [-0.15, -0.1) is 0 Å². The summed E-state index contributed by atoms with van der Waals surface area (Å²) >= 11 is 0. The highest BCUT2D eigenvalue weighted by Crippen LogP contribution is 2.17. The second-order valence-corrected chi connectivity index (χ2v) is 3.77. The molecule has 0 aromatic heterocycles. The number of amidine groups is 1. The molecule has 0 saturated carbocycles. The number of hydrogen-bond donors (Lipinski definition) is 3. The van der Waals surface area contributed by atoms with E-state index in [-0.39, 0.29) is 11.8 Å². The topological polar surface area (TPSA) is 79.9 Å². The third kappa shape index (κ3) is 4.22. The minimum atomic E-state index is -0.0317. The first-order valence-corrected chi connectivity index (χ1v) is 5.61. The van der Waals surface area contributed by atoms with Crippen LogP contribution < -0.4 is 15.8 Å². The Hall–Kier alpha value is -1.91. The van der Waals surface area contributed by atoms with Gasteiger partial charge in [-0.25, -0.2) is 0 Å². The van der Waals surface area contributed by atoms with Gasteiger partial charge in [0, 0.05) is 24.2 Å². The first-order chi connectivity index (χ1) is 8.17. The van der Waals surface area contributed by atoms with Gasteiger partial charge in [-0.1, -0.05) is 18.1 Å². The molecule has 0 aliphatic heterocycles. The van der Waals surface area contributed by atoms with E-state index >= 15 is 0 Å². The van der Waals surface area contributed by atoms with Crippen LogP contribution in [-0.4, -0.2) is 24.2 Å². The van der Waals surface area contributed by atoms with E-state index in [9.17, 15) is 0 Å². The van der Waals surface area contributed by atoms with E-state index < -0.39 is 0 Å². The Morgan fingerprint density at radius 3 is 3.00 bits per heavy atom. The van der Waals surface area contributed by atoms with Crippen LogP contribution in [0.5, 0.6) is 5.75 Å². The van der Waals surface area contributed by atoms with Crippen molar-refractivity contribution >= 4 is 11.5 Å². The summed E-state index contributed by atoms with van der Waals surface area (Å²) in [6.45, 7) is 5.07. The van der Waals surface area contributed by atoms with Gasteiger partial charge in [0.25, 0.3) is 0 Å². The van der Waals surface area contributed by atoms with Crippen LogP contribution in [0.15, 0.2) is 29.4 Å². The van der Waals surface area contributed by atoms with E-state index in [1.54, 1.807) is 0 Å². The molecule has 1 rings (SSSR count). The molecule has 0 amide bonds. The molecule has 0 saturated heterocycles. The summed E-state index contributed by atoms with van der Waals surface area (Å²) in [5.74, 6) is 1.02. The SMILES string of the molecule is CCOc1cccc(NCC(C)C(N)=NO)c1. The molecule has 94 valence electrons. The molecule has 17 heavy (non-hydrogen) atoms. The molecule has 0 heterocycles. The molecule has 0 fully saturated rings. The molecular formula is C12H19N3O2. The van der Waals surface area contributed by atoms with Crippen LogP contribution in [0.4, 0.5) is 5.69 Å². The zero-order valence-corrected chi connectivity index (χ0v) is 10.2. The Morgan fingerprint density at radius 2 is 2.35 bits per heavy atom. The molecular weight excluding hydrogens is 218 g/mol. The Bertz CT molecular complexity index is 380. The zero-order valence-electron chi connectivity index (χ0n) is 10.2. The summed E-state index contributed by atoms with van der Waals surface area (Å²) in [4.78, 5) is 0. The average molecular weight is 237 g/mol. The lowest BCUT2D eigenvalue weighted by Crippen LogP contribution is -2.27. The molecule has 5 heteroatoms. The zero-order chi connectivity index (χ0) is 12.7. The highest BCUT2D eigenvalue weighted by molar-refractivity contribution is 5.82. The Labute approximate surface area is 101 Å². The van der Waals surface area contributed by atoms with Crippen LogP contribution in [0.2, 0.25) is 0 Å². The highest BCUT2D eigenvalue weighted by Gasteiger charge is 2.07. The number of nitrogens with zero attached hydrogens (tertiary/aromatic N) is 1. The molecule has 1 unspecified atom stereocenters. The molecule has 1 atom stereocenters. The minimum Gasteiger partial charge on any atom is -0.494 e. The van der Waals surface area contributed by atoms with Crippen LogP contribution in [0, 0.1) is 5.92 Å². The van der Waals surface area contributed by atoms with E-state index in [1.165, 1.54) is 0 Å². The standard InChI is InChI=1S/C12H19N3O2/c1-3-17-11-6-4-5-10(7-11)14-8-9(2)12(13)15-16/h4-7,9,14,16H,3,8H2,1-2H3,(H2,13,15). The number of hydrogen-bond acceptors (Lipinski definition) is 4. The lowest BCUT2D eigenvalue weighted by molar-refractivity contribution is 0.315. The molecule has 0 radical (unpaired) electrons. The van der Waals surface area contributed by atoms with Gasteiger partial charge in [0.2, 0.25) is 0 Å². The molecule has 0 bridgehead atoms. The maximum atomic E-state index is 8.53. The number of benzene rings is 1. The van der Waals surface area contributed by atoms with Crippen molar-refractivity contribution in [2.24, 2.45) is 16.8 Å². The summed E-state index contributed by atoms with van der Waals surface area (Å²) in [5.41, 5.74) is 6.45. The fourth-order valence-electron chi connectivity index (χ4n) is 1.34. The molecule has 4 N–H and O–H groups in total. The summed E-state index contributed by atoms with van der Waals surface area (Å²) in [5, 5.41) is 14.7. The Balaban J connectivity index is 2.54. The predicted octanol–water partition coefficient (Wildman–Crippen LogP) is 1.88. The number of nitrogens with one attached hydrogen (secondary N) is 1. The quantitative estimate of drug-likeness (QED) is 0.305. The first-order valence-electron chi connectivity index (χ1n) is 5.61. The summed E-state index contributed by atoms with van der Waals surface area (Å²) in [6, 6.07) is 7.69. The third-order valence-electron chi connectivity index (χ3n) is 2.38. The fourth-order valence-corrected chi connectivity index (χ4v) is 1.34. The van der Waals surface area contributed by atoms with Crippen LogP contribution >= 0.6 is 0 Å². The monoisotopic (exact) mass is 237 g/mol. The van der Waals surface area contributed by atoms with Crippen molar-refractivity contribution in [1.29, 1.82) is 0 Å². The van der Waals surface area contributed by atoms with E-state index in [0.717, 1.165) is 11.4 Å². The van der Waals surface area contributed by atoms with Crippen LogP contribution in [0.3, 0.4) is 0 Å². The second kappa shape index (κ2) is 6.62. The van der Waals surface area contributed by atoms with Gasteiger partial charge in [-0.3, -0.25) is 0 Å². The average Bonchev–Trinajstić information content (AvgIpc) is 2.36. The normalized spacial score (nSPS) is 13.2. The number of rotatable bonds is 6. The van der Waals surface area contributed by atoms with Gasteiger partial charge in [-0.2, -0.15) is 0 Å². The van der Waals surface area contributed by atoms with Crippen molar-refractivity contribution in [3.8, 4) is 5.75 Å². The lowest BCUT2D eigenvalue weighted by atomic mass is 10.1. The van der Waals surface area contributed by atoms with Gasteiger partial charge in [-0.05, 0) is 19.1 Å². The molecule has 5 nitrogen and oxygen atoms in total. The first kappa shape index (κ1) is 13.2. The predicted molar refractivity (Wildman–Crippen MR) is 68.7 cm³/mol. The number of nitrogens with two attached hydrogens (primary N) is 1. The summed E-state index contributed by atoms with van der Waals surface area (Å²) in [7, 11) is 0. The third-order valence-corrected chi connectivity index (χ3v) is 2.38. The van der Waals surface area contributed by atoms with E-state index in [4.69, 9.17) is 15.7 Å². The van der Waals surface area contributed by atoms with Gasteiger partial charge < -0.3 is 21.0 Å². The van der Waals surface area contributed by atoms with Crippen LogP contribution in [0.1, 0.15) is 13.8 Å². The maximum Gasteiger partial charge on any atom is 0.143 e. The Kier molecular flexibility index (Phi) is 5.13. The van der Waals surface area contributed by atoms with Gasteiger partial charge in [0.1, 0.15) is 11.6 Å². The van der Waals surface area contributed by atoms with Crippen LogP contribution in [0.25, 0.3) is 0 Å². The van der Waals surface area contributed by atoms with E-state index in [0.29, 0.717) is 13.2 Å². The molecule has 1 aromatic carbocycles. The van der Waals surface area contributed by atoms with Gasteiger partial charge in [0.05, 0.1) is 6.61 Å². The largest absolute Gasteiger partial charge is 0.494 e. The number of oxime groups is 1. The lowest BCUT2D eigenvalue weighted by Gasteiger charge is -2.13. The van der Waals surface area contributed by atoms with Crippen molar-refractivity contribution in [3.63, 3.8) is 0 Å². The second-order valence-electron chi connectivity index (χ2n) is 3.77. The van der Waals surface area contributed by atoms with Gasteiger partial charge in [0.15, 0.2) is 0 Å². The van der Waals surface area contributed by atoms with Crippen LogP contribution in [-0.2, 0) is 0 Å².